The average Bonchev–Trinajstić information content (AvgIpc) is 3.36. The molecule has 2 aliphatic rings. The fourth-order valence-electron chi connectivity index (χ4n) is 3.91. The first kappa shape index (κ1) is 19.3. The number of likely N-dealkylation sites (tertiary alicyclic amines) is 1. The Labute approximate surface area is 173 Å². The molecule has 1 N–H and O–H groups in total. The number of carbonyl (C=O) groups excluding carboxylic acids is 2. The zero-order valence-electron chi connectivity index (χ0n) is 15.7. The minimum atomic E-state index is -0.105. The molecule has 1 fully saturated rings. The van der Waals surface area contributed by atoms with E-state index in [4.69, 9.17) is 16.3 Å². The zero-order chi connectivity index (χ0) is 19.7. The Hall–Kier alpha value is -2.05. The molecule has 0 saturated carbocycles. The highest BCUT2D eigenvalue weighted by Crippen LogP contribution is 2.39. The van der Waals surface area contributed by atoms with Crippen molar-refractivity contribution in [3.63, 3.8) is 0 Å². The minimum absolute atomic E-state index is 0.0341. The van der Waals surface area contributed by atoms with Gasteiger partial charge in [0.25, 0.3) is 0 Å². The van der Waals surface area contributed by atoms with Crippen LogP contribution in [0.2, 0.25) is 5.02 Å². The van der Waals surface area contributed by atoms with E-state index in [9.17, 15) is 9.59 Å². The highest BCUT2D eigenvalue weighted by molar-refractivity contribution is 7.08. The first-order valence-corrected chi connectivity index (χ1v) is 10.9. The van der Waals surface area contributed by atoms with Gasteiger partial charge in [0.05, 0.1) is 11.6 Å². The van der Waals surface area contributed by atoms with Gasteiger partial charge in [-0.15, -0.1) is 0 Å². The van der Waals surface area contributed by atoms with Crippen LogP contribution in [0.25, 0.3) is 11.1 Å². The Balaban J connectivity index is 1.32. The van der Waals surface area contributed by atoms with E-state index in [-0.39, 0.29) is 23.8 Å². The Morgan fingerprint density at radius 2 is 2.07 bits per heavy atom. The third-order valence-electron chi connectivity index (χ3n) is 5.52. The van der Waals surface area contributed by atoms with Crippen LogP contribution >= 0.6 is 22.9 Å². The van der Waals surface area contributed by atoms with E-state index in [0.29, 0.717) is 37.5 Å². The molecule has 1 aromatic carbocycles. The monoisotopic (exact) mass is 418 g/mol. The van der Waals surface area contributed by atoms with Crippen molar-refractivity contribution in [2.45, 2.75) is 32.3 Å². The number of ether oxygens (including phenoxy) is 1. The number of fused-ring (bicyclic) bond motifs is 1. The van der Waals surface area contributed by atoms with Gasteiger partial charge in [0.1, 0.15) is 11.9 Å². The van der Waals surface area contributed by atoms with E-state index < -0.39 is 0 Å². The van der Waals surface area contributed by atoms with Crippen LogP contribution in [0.3, 0.4) is 0 Å². The van der Waals surface area contributed by atoms with Crippen molar-refractivity contribution < 1.29 is 14.3 Å². The van der Waals surface area contributed by atoms with Crippen molar-refractivity contribution in [1.29, 1.82) is 0 Å². The molecule has 3 heterocycles. The van der Waals surface area contributed by atoms with Crippen LogP contribution in [-0.4, -0.2) is 42.5 Å². The molecule has 0 bridgehead atoms. The van der Waals surface area contributed by atoms with Crippen molar-refractivity contribution in [1.82, 2.24) is 10.2 Å². The lowest BCUT2D eigenvalue weighted by molar-refractivity contribution is -0.134. The molecule has 0 aliphatic carbocycles. The van der Waals surface area contributed by atoms with Crippen LogP contribution in [0.4, 0.5) is 0 Å². The van der Waals surface area contributed by atoms with E-state index in [1.165, 1.54) is 0 Å². The molecule has 7 heteroatoms. The van der Waals surface area contributed by atoms with Gasteiger partial charge in [-0.1, -0.05) is 11.6 Å². The van der Waals surface area contributed by atoms with Crippen molar-refractivity contribution in [3.8, 4) is 16.9 Å². The summed E-state index contributed by atoms with van der Waals surface area (Å²) in [6, 6.07) is 6.14. The molecular weight excluding hydrogens is 396 g/mol. The maximum Gasteiger partial charge on any atom is 0.223 e. The van der Waals surface area contributed by atoms with E-state index in [1.54, 1.807) is 23.2 Å². The summed E-state index contributed by atoms with van der Waals surface area (Å²) in [4.78, 5) is 25.7. The van der Waals surface area contributed by atoms with Gasteiger partial charge < -0.3 is 15.0 Å². The second kappa shape index (κ2) is 8.13. The van der Waals surface area contributed by atoms with Crippen LogP contribution in [0.1, 0.15) is 25.3 Å². The molecular formula is C21H23ClN2O3S. The SMILES string of the molecule is CC(=O)N1CCC(C(=O)NCC2Cc3cc(-c4ccsc4)cc(Cl)c3O2)CC1. The van der Waals surface area contributed by atoms with E-state index in [2.05, 4.69) is 22.8 Å². The van der Waals surface area contributed by atoms with E-state index >= 15 is 0 Å². The third-order valence-corrected chi connectivity index (χ3v) is 6.49. The van der Waals surface area contributed by atoms with Gasteiger partial charge in [0.15, 0.2) is 0 Å². The lowest BCUT2D eigenvalue weighted by Gasteiger charge is -2.30. The van der Waals surface area contributed by atoms with Crippen LogP contribution in [0.15, 0.2) is 29.0 Å². The maximum atomic E-state index is 12.5. The van der Waals surface area contributed by atoms with Gasteiger partial charge in [-0.25, -0.2) is 0 Å². The molecule has 0 spiro atoms. The van der Waals surface area contributed by atoms with Gasteiger partial charge in [-0.05, 0) is 52.9 Å². The zero-order valence-corrected chi connectivity index (χ0v) is 17.3. The highest BCUT2D eigenvalue weighted by Gasteiger charge is 2.29. The standard InChI is InChI=1S/C21H23ClN2O3S/c1-13(25)24-5-2-14(3-6-24)21(26)23-11-18-9-17-8-16(15-4-7-28-12-15)10-19(22)20(17)27-18/h4,7-8,10,12,14,18H,2-3,5-6,9,11H2,1H3,(H,23,26). The second-order valence-corrected chi connectivity index (χ2v) is 8.62. The highest BCUT2D eigenvalue weighted by atomic mass is 35.5. The summed E-state index contributed by atoms with van der Waals surface area (Å²) in [7, 11) is 0. The molecule has 1 unspecified atom stereocenters. The summed E-state index contributed by atoms with van der Waals surface area (Å²) < 4.78 is 6.00. The molecule has 2 aliphatic heterocycles. The topological polar surface area (TPSA) is 58.6 Å². The predicted octanol–water partition coefficient (Wildman–Crippen LogP) is 3.75. The summed E-state index contributed by atoms with van der Waals surface area (Å²) >= 11 is 8.10. The average molecular weight is 419 g/mol. The number of hydrogen-bond acceptors (Lipinski definition) is 4. The number of hydrogen-bond donors (Lipinski definition) is 1. The molecule has 148 valence electrons. The number of nitrogens with one attached hydrogen (secondary N) is 1. The smallest absolute Gasteiger partial charge is 0.223 e. The molecule has 2 aromatic rings. The Bertz CT molecular complexity index is 876. The van der Waals surface area contributed by atoms with E-state index in [0.717, 1.165) is 28.9 Å². The largest absolute Gasteiger partial charge is 0.486 e. The molecule has 28 heavy (non-hydrogen) atoms. The molecule has 0 radical (unpaired) electrons. The second-order valence-electron chi connectivity index (χ2n) is 7.43. The predicted molar refractivity (Wildman–Crippen MR) is 111 cm³/mol. The minimum Gasteiger partial charge on any atom is -0.486 e. The number of thiophene rings is 1. The summed E-state index contributed by atoms with van der Waals surface area (Å²) in [6.45, 7) is 3.34. The molecule has 1 atom stereocenters. The van der Waals surface area contributed by atoms with Gasteiger partial charge in [0.2, 0.25) is 11.8 Å². The van der Waals surface area contributed by atoms with Crippen molar-refractivity contribution in [2.75, 3.05) is 19.6 Å². The molecule has 1 saturated heterocycles. The number of carbonyl (C=O) groups is 2. The molecule has 1 aromatic heterocycles. The number of nitrogens with zero attached hydrogens (tertiary/aromatic N) is 1. The van der Waals surface area contributed by atoms with Gasteiger partial charge in [-0.2, -0.15) is 11.3 Å². The Morgan fingerprint density at radius 1 is 1.29 bits per heavy atom. The lowest BCUT2D eigenvalue weighted by atomic mass is 9.96. The first-order valence-electron chi connectivity index (χ1n) is 9.56. The summed E-state index contributed by atoms with van der Waals surface area (Å²) in [5.41, 5.74) is 3.33. The molecule has 5 nitrogen and oxygen atoms in total. The van der Waals surface area contributed by atoms with Crippen LogP contribution < -0.4 is 10.1 Å². The fourth-order valence-corrected chi connectivity index (χ4v) is 4.86. The number of piperidine rings is 1. The van der Waals surface area contributed by atoms with Crippen LogP contribution in [0.5, 0.6) is 5.75 Å². The number of rotatable bonds is 4. The Kier molecular flexibility index (Phi) is 5.60. The molecule has 4 rings (SSSR count). The Morgan fingerprint density at radius 3 is 2.75 bits per heavy atom. The van der Waals surface area contributed by atoms with Gasteiger partial charge in [0, 0.05) is 37.9 Å². The van der Waals surface area contributed by atoms with Crippen LogP contribution in [0, 0.1) is 5.92 Å². The lowest BCUT2D eigenvalue weighted by Crippen LogP contribution is -2.44. The van der Waals surface area contributed by atoms with Gasteiger partial charge >= 0.3 is 0 Å². The number of benzene rings is 1. The van der Waals surface area contributed by atoms with Crippen LogP contribution in [-0.2, 0) is 16.0 Å². The number of amides is 2. The van der Waals surface area contributed by atoms with Gasteiger partial charge in [-0.3, -0.25) is 9.59 Å². The summed E-state index contributed by atoms with van der Waals surface area (Å²) in [5, 5.41) is 7.79. The maximum absolute atomic E-state index is 12.5. The summed E-state index contributed by atoms with van der Waals surface area (Å²) in [6.07, 6.45) is 2.06. The van der Waals surface area contributed by atoms with Crippen molar-refractivity contribution in [3.05, 3.63) is 39.5 Å². The van der Waals surface area contributed by atoms with Crippen molar-refractivity contribution >= 4 is 34.8 Å². The normalized spacial score (nSPS) is 19.2. The summed E-state index contributed by atoms with van der Waals surface area (Å²) in [5.74, 6) is 0.824. The number of halogens is 1. The fraction of sp³-hybridized carbons (Fsp3) is 0.429. The quantitative estimate of drug-likeness (QED) is 0.822. The third kappa shape index (κ3) is 4.03. The van der Waals surface area contributed by atoms with E-state index in [1.807, 2.05) is 11.4 Å². The first-order chi connectivity index (χ1) is 13.5. The molecule has 2 amide bonds. The van der Waals surface area contributed by atoms with Crippen molar-refractivity contribution in [2.24, 2.45) is 5.92 Å².